The van der Waals surface area contributed by atoms with Crippen LogP contribution in [0.25, 0.3) is 130 Å². The summed E-state index contributed by atoms with van der Waals surface area (Å²) < 4.78 is 27.1. The normalized spacial score (nSPS) is 12.3. The minimum Gasteiger partial charge on any atom is -0.491 e. The van der Waals surface area contributed by atoms with Gasteiger partial charge in [-0.2, -0.15) is 0 Å². The molecular formula is C71H55BO5S13. The van der Waals surface area contributed by atoms with Crippen molar-refractivity contribution in [2.24, 2.45) is 0 Å². The maximum atomic E-state index is 13.1. The van der Waals surface area contributed by atoms with Crippen LogP contribution in [-0.2, 0) is 6.42 Å². The molecule has 0 bridgehead atoms. The standard InChI is InChI=1S/C71H55BO5S13/c1-12-16-76-57-42-18-28(3)78-68(42)58(77-17-13-2)43-24-55(89-69(43)57)66-45-26-49(34(9)74)83-65(45)52(88-66)20-37-19-38-29(4)61-40(30(5)59(38)80-37)23-54(87-61)67-46-27-50(35(10)75)84-70(46)71(90-67)72-56-15-14-47(81-56)51-21-39-31(6)62-41(32(7)60(39)85-51)22-53(86-62)64-44-25-48(33(8)73)82-63(44)36(11)79-64/h14-15,18-19,21-27,72H,12-13,16-17,20H2,1-11H3. The van der Waals surface area contributed by atoms with Gasteiger partial charge in [0.25, 0.3) is 0 Å². The maximum Gasteiger partial charge on any atom is 0.220 e. The first-order valence-electron chi connectivity index (χ1n) is 29.8. The number of benzene rings is 3. The summed E-state index contributed by atoms with van der Waals surface area (Å²) in [6, 6.07) is 25.3. The van der Waals surface area contributed by atoms with Gasteiger partial charge < -0.3 is 9.47 Å². The number of fused-ring (bicyclic) bond motifs is 9. The number of carbonyl (C=O) groups is 3. The van der Waals surface area contributed by atoms with Gasteiger partial charge in [0.15, 0.2) is 17.3 Å². The van der Waals surface area contributed by atoms with E-state index in [1.54, 1.807) is 77.5 Å². The van der Waals surface area contributed by atoms with E-state index in [1.165, 1.54) is 156 Å². The fourth-order valence-corrected chi connectivity index (χ4v) is 28.7. The summed E-state index contributed by atoms with van der Waals surface area (Å²) >= 11 is 23.5. The van der Waals surface area contributed by atoms with Crippen LogP contribution in [0.1, 0.15) is 118 Å². The van der Waals surface area contributed by atoms with Crippen molar-refractivity contribution in [2.75, 3.05) is 13.2 Å². The van der Waals surface area contributed by atoms with Crippen LogP contribution in [0, 0.1) is 41.5 Å². The summed E-state index contributed by atoms with van der Waals surface area (Å²) in [6.07, 6.45) is 2.63. The Morgan fingerprint density at radius 1 is 0.389 bits per heavy atom. The molecule has 450 valence electrons. The molecule has 13 aromatic heterocycles. The van der Waals surface area contributed by atoms with E-state index in [0.29, 0.717) is 13.2 Å². The third-order valence-electron chi connectivity index (χ3n) is 17.1. The number of ether oxygens (including phenoxy) is 2. The molecule has 0 saturated carbocycles. The second-order valence-electron chi connectivity index (χ2n) is 23.4. The highest BCUT2D eigenvalue weighted by Gasteiger charge is 2.29. The summed E-state index contributed by atoms with van der Waals surface area (Å²) in [5.74, 6) is 2.23. The van der Waals surface area contributed by atoms with Gasteiger partial charge in [0.2, 0.25) is 7.28 Å². The molecule has 0 aliphatic heterocycles. The van der Waals surface area contributed by atoms with Crippen molar-refractivity contribution in [3.63, 3.8) is 0 Å². The van der Waals surface area contributed by atoms with E-state index in [2.05, 4.69) is 122 Å². The van der Waals surface area contributed by atoms with Crippen LogP contribution >= 0.6 is 147 Å². The van der Waals surface area contributed by atoms with Gasteiger partial charge in [-0.3, -0.25) is 14.4 Å². The minimum atomic E-state index is 0.0967. The Morgan fingerprint density at radius 2 is 0.844 bits per heavy atom. The number of thiophene rings is 13. The lowest BCUT2D eigenvalue weighted by Crippen LogP contribution is -2.21. The average molecular weight is 1420 g/mol. The van der Waals surface area contributed by atoms with Crippen molar-refractivity contribution in [1.82, 2.24) is 0 Å². The van der Waals surface area contributed by atoms with Gasteiger partial charge >= 0.3 is 0 Å². The Labute approximate surface area is 572 Å². The zero-order chi connectivity index (χ0) is 62.0. The molecule has 0 N–H and O–H groups in total. The quantitative estimate of drug-likeness (QED) is 0.0671. The molecule has 5 nitrogen and oxygen atoms in total. The van der Waals surface area contributed by atoms with Crippen LogP contribution in [0.2, 0.25) is 0 Å². The summed E-state index contributed by atoms with van der Waals surface area (Å²) in [7, 11) is 0.812. The zero-order valence-corrected chi connectivity index (χ0v) is 61.6. The zero-order valence-electron chi connectivity index (χ0n) is 50.9. The van der Waals surface area contributed by atoms with E-state index < -0.39 is 0 Å². The monoisotopic (exact) mass is 1410 g/mol. The lowest BCUT2D eigenvalue weighted by atomic mass is 9.75. The molecule has 13 heterocycles. The predicted molar refractivity (Wildman–Crippen MR) is 410 cm³/mol. The van der Waals surface area contributed by atoms with E-state index >= 15 is 0 Å². The van der Waals surface area contributed by atoms with Gasteiger partial charge in [-0.25, -0.2) is 0 Å². The molecular weight excluding hydrogens is 1360 g/mol. The molecule has 16 rings (SSSR count). The van der Waals surface area contributed by atoms with E-state index in [9.17, 15) is 14.4 Å². The molecule has 0 radical (unpaired) electrons. The Bertz CT molecular complexity index is 5550. The van der Waals surface area contributed by atoms with E-state index in [-0.39, 0.29) is 17.3 Å². The van der Waals surface area contributed by atoms with Crippen molar-refractivity contribution in [3.05, 3.63) is 123 Å². The molecule has 19 heteroatoms. The first kappa shape index (κ1) is 59.8. The number of rotatable bonds is 17. The van der Waals surface area contributed by atoms with Crippen LogP contribution in [0.15, 0.2) is 66.7 Å². The molecule has 16 aromatic rings. The van der Waals surface area contributed by atoms with Gasteiger partial charge in [0.1, 0.15) is 11.5 Å². The number of aryl methyl sites for hydroxylation is 6. The van der Waals surface area contributed by atoms with Crippen LogP contribution in [-0.4, -0.2) is 37.8 Å². The van der Waals surface area contributed by atoms with E-state index in [0.717, 1.165) is 78.2 Å². The van der Waals surface area contributed by atoms with Crippen molar-refractivity contribution in [2.45, 2.75) is 95.4 Å². The summed E-state index contributed by atoms with van der Waals surface area (Å²) in [5.41, 5.74) is 5.28. The van der Waals surface area contributed by atoms with Gasteiger partial charge in [-0.15, -0.1) is 147 Å². The highest BCUT2D eigenvalue weighted by atomic mass is 32.1. The second-order valence-corrected chi connectivity index (χ2v) is 37.7. The third kappa shape index (κ3) is 9.63. The van der Waals surface area contributed by atoms with Gasteiger partial charge in [-0.1, -0.05) is 19.9 Å². The van der Waals surface area contributed by atoms with Crippen LogP contribution < -0.4 is 19.0 Å². The largest absolute Gasteiger partial charge is 0.491 e. The van der Waals surface area contributed by atoms with Crippen molar-refractivity contribution < 1.29 is 23.9 Å². The maximum absolute atomic E-state index is 13.1. The predicted octanol–water partition coefficient (Wildman–Crippen LogP) is 24.5. The topological polar surface area (TPSA) is 69.7 Å². The lowest BCUT2D eigenvalue weighted by molar-refractivity contribution is 0.101. The molecule has 0 amide bonds. The van der Waals surface area contributed by atoms with Gasteiger partial charge in [0.05, 0.1) is 51.9 Å². The molecule has 0 aliphatic rings. The lowest BCUT2D eigenvalue weighted by Gasteiger charge is -2.12. The van der Waals surface area contributed by atoms with E-state index in [1.807, 2.05) is 90.7 Å². The Morgan fingerprint density at radius 3 is 1.43 bits per heavy atom. The van der Waals surface area contributed by atoms with Gasteiger partial charge in [-0.05, 0) is 189 Å². The van der Waals surface area contributed by atoms with Crippen LogP contribution in [0.4, 0.5) is 0 Å². The number of hydrogen-bond acceptors (Lipinski definition) is 18. The third-order valence-corrected chi connectivity index (χ3v) is 34.0. The first-order chi connectivity index (χ1) is 43.4. The second kappa shape index (κ2) is 22.8. The molecule has 0 fully saturated rings. The smallest absolute Gasteiger partial charge is 0.220 e. The van der Waals surface area contributed by atoms with Crippen LogP contribution in [0.5, 0.6) is 11.5 Å². The molecule has 0 unspecified atom stereocenters. The van der Waals surface area contributed by atoms with Crippen LogP contribution in [0.3, 0.4) is 0 Å². The van der Waals surface area contributed by atoms with Gasteiger partial charge in [0, 0.05) is 110 Å². The summed E-state index contributed by atoms with van der Waals surface area (Å²) in [5, 5.41) is 11.0. The SMILES string of the molecule is CCCOc1c2cc(-c3sc(Cc4cc5c(C)c6sc(-c7sc(Bc8ccc(-c9cc%10c(C)c%11sc(-c%12sc(C)c%13sc(C(C)=O)cc%12%13)cc%11c(C)c%10s9)s8)c8sc(C(C)=O)cc78)cc6c(C)c5s4)c4sc(C(C)=O)cc34)sc2c(OCCC)c2cc(C)sc12. The molecule has 0 aliphatic carbocycles. The Kier molecular flexibility index (Phi) is 15.1. The summed E-state index contributed by atoms with van der Waals surface area (Å²) in [6.45, 7) is 24.1. The average Bonchev–Trinajstić information content (AvgIpc) is 1.59. The highest BCUT2D eigenvalue weighted by molar-refractivity contribution is 7.39. The fourth-order valence-electron chi connectivity index (χ4n) is 12.7. The number of Topliss-reactive ketones (excluding diaryl/α,β-unsaturated/α-hetero) is 3. The number of ketones is 3. The molecule has 0 saturated heterocycles. The number of carbonyl (C=O) groups excluding carboxylic acids is 3. The summed E-state index contributed by atoms with van der Waals surface area (Å²) in [4.78, 5) is 56.1. The fraction of sp³-hybridized carbons (Fsp3) is 0.225. The minimum absolute atomic E-state index is 0.0967. The molecule has 0 atom stereocenters. The first-order valence-corrected chi connectivity index (χ1v) is 40.5. The Balaban J connectivity index is 0.711. The number of hydrogen-bond donors (Lipinski definition) is 0. The van der Waals surface area contributed by atoms with Crippen molar-refractivity contribution in [1.29, 1.82) is 0 Å². The molecule has 3 aromatic carbocycles. The van der Waals surface area contributed by atoms with Crippen molar-refractivity contribution in [3.8, 4) is 50.5 Å². The highest BCUT2D eigenvalue weighted by Crippen LogP contribution is 2.56. The van der Waals surface area contributed by atoms with Crippen molar-refractivity contribution >= 4 is 272 Å². The molecule has 0 spiro atoms. The van der Waals surface area contributed by atoms with E-state index in [4.69, 9.17) is 9.47 Å². The molecule has 90 heavy (non-hydrogen) atoms. The Hall–Kier alpha value is -5.23.